The van der Waals surface area contributed by atoms with Crippen LogP contribution in [0.15, 0.2) is 0 Å². The van der Waals surface area contributed by atoms with Crippen LogP contribution >= 0.6 is 11.8 Å². The van der Waals surface area contributed by atoms with E-state index in [2.05, 4.69) is 19.3 Å². The molecule has 0 aromatic rings. The Morgan fingerprint density at radius 2 is 2.21 bits per heavy atom. The normalized spacial score (nSPS) is 21.6. The van der Waals surface area contributed by atoms with Crippen LogP contribution < -0.4 is 11.3 Å². The molecule has 0 aromatic carbocycles. The Morgan fingerprint density at radius 3 is 2.64 bits per heavy atom. The van der Waals surface area contributed by atoms with Gasteiger partial charge in [0.1, 0.15) is 0 Å². The highest BCUT2D eigenvalue weighted by Gasteiger charge is 2.21. The summed E-state index contributed by atoms with van der Waals surface area (Å²) in [5, 5.41) is 0.771. The molecule has 14 heavy (non-hydrogen) atoms. The van der Waals surface area contributed by atoms with Crippen LogP contribution in [-0.4, -0.2) is 17.0 Å². The first kappa shape index (κ1) is 12.3. The van der Waals surface area contributed by atoms with Crippen LogP contribution in [0.5, 0.6) is 0 Å². The smallest absolute Gasteiger partial charge is 0.0303 e. The molecule has 0 amide bonds. The summed E-state index contributed by atoms with van der Waals surface area (Å²) in [6.07, 6.45) is 6.81. The van der Waals surface area contributed by atoms with Crippen LogP contribution in [0.2, 0.25) is 0 Å². The second-order valence-electron chi connectivity index (χ2n) is 4.45. The minimum absolute atomic E-state index is 0.527. The van der Waals surface area contributed by atoms with E-state index in [4.69, 9.17) is 5.84 Å². The fourth-order valence-electron chi connectivity index (χ4n) is 1.71. The molecule has 0 bridgehead atoms. The third kappa shape index (κ3) is 4.20. The fraction of sp³-hybridized carbons (Fsp3) is 1.00. The Morgan fingerprint density at radius 1 is 1.50 bits per heavy atom. The summed E-state index contributed by atoms with van der Waals surface area (Å²) in [6.45, 7) is 4.54. The Kier molecular flexibility index (Phi) is 5.90. The van der Waals surface area contributed by atoms with Gasteiger partial charge in [-0.05, 0) is 18.8 Å². The van der Waals surface area contributed by atoms with Gasteiger partial charge in [-0.25, -0.2) is 0 Å². The number of hydrogen-bond donors (Lipinski definition) is 2. The summed E-state index contributed by atoms with van der Waals surface area (Å²) in [6, 6.07) is 0.527. The van der Waals surface area contributed by atoms with Crippen LogP contribution in [0.1, 0.15) is 46.0 Å². The first-order valence-corrected chi connectivity index (χ1v) is 6.88. The standard InChI is InChI=1S/C11H24N2S/c1-3-9(2)14-8-11(13-12)7-10-5-4-6-10/h9-11,13H,3-8,12H2,1-2H3. The van der Waals surface area contributed by atoms with Crippen molar-refractivity contribution in [2.24, 2.45) is 11.8 Å². The maximum atomic E-state index is 5.56. The summed E-state index contributed by atoms with van der Waals surface area (Å²) in [4.78, 5) is 0. The van der Waals surface area contributed by atoms with Crippen LogP contribution in [0.3, 0.4) is 0 Å². The van der Waals surface area contributed by atoms with Gasteiger partial charge in [-0.1, -0.05) is 33.1 Å². The van der Waals surface area contributed by atoms with E-state index < -0.39 is 0 Å². The summed E-state index contributed by atoms with van der Waals surface area (Å²) < 4.78 is 0. The molecule has 0 spiro atoms. The summed E-state index contributed by atoms with van der Waals surface area (Å²) in [7, 11) is 0. The zero-order valence-electron chi connectivity index (χ0n) is 9.46. The molecule has 0 heterocycles. The van der Waals surface area contributed by atoms with Crippen molar-refractivity contribution in [2.75, 3.05) is 5.75 Å². The number of rotatable bonds is 7. The van der Waals surface area contributed by atoms with Crippen molar-refractivity contribution in [1.29, 1.82) is 0 Å². The maximum Gasteiger partial charge on any atom is 0.0303 e. The van der Waals surface area contributed by atoms with Gasteiger partial charge in [-0.2, -0.15) is 11.8 Å². The van der Waals surface area contributed by atoms with Crippen LogP contribution in [0.4, 0.5) is 0 Å². The lowest BCUT2D eigenvalue weighted by molar-refractivity contribution is 0.268. The highest BCUT2D eigenvalue weighted by molar-refractivity contribution is 7.99. The lowest BCUT2D eigenvalue weighted by Crippen LogP contribution is -2.39. The monoisotopic (exact) mass is 216 g/mol. The summed E-state index contributed by atoms with van der Waals surface area (Å²) >= 11 is 2.04. The van der Waals surface area contributed by atoms with E-state index in [1.807, 2.05) is 11.8 Å². The van der Waals surface area contributed by atoms with Gasteiger partial charge in [0.25, 0.3) is 0 Å². The molecular weight excluding hydrogens is 192 g/mol. The van der Waals surface area contributed by atoms with Crippen molar-refractivity contribution in [3.8, 4) is 0 Å². The Hall–Kier alpha value is 0.270. The second kappa shape index (κ2) is 6.70. The fourth-order valence-corrected chi connectivity index (χ4v) is 2.74. The van der Waals surface area contributed by atoms with Gasteiger partial charge in [0.15, 0.2) is 0 Å². The number of nitrogens with two attached hydrogens (primary N) is 1. The molecule has 1 aliphatic carbocycles. The number of nitrogens with one attached hydrogen (secondary N) is 1. The van der Waals surface area contributed by atoms with Crippen LogP contribution in [0.25, 0.3) is 0 Å². The van der Waals surface area contributed by atoms with E-state index in [-0.39, 0.29) is 0 Å². The lowest BCUT2D eigenvalue weighted by atomic mass is 9.81. The maximum absolute atomic E-state index is 5.56. The molecule has 1 rings (SSSR count). The predicted molar refractivity (Wildman–Crippen MR) is 65.3 cm³/mol. The molecule has 3 heteroatoms. The molecule has 1 aliphatic rings. The zero-order valence-corrected chi connectivity index (χ0v) is 10.3. The molecule has 1 fully saturated rings. The van der Waals surface area contributed by atoms with E-state index in [9.17, 15) is 0 Å². The average molecular weight is 216 g/mol. The zero-order chi connectivity index (χ0) is 10.4. The Labute approximate surface area is 92.4 Å². The van der Waals surface area contributed by atoms with Crippen molar-refractivity contribution < 1.29 is 0 Å². The van der Waals surface area contributed by atoms with E-state index >= 15 is 0 Å². The third-order valence-corrected chi connectivity index (χ3v) is 4.73. The van der Waals surface area contributed by atoms with Crippen molar-refractivity contribution in [3.05, 3.63) is 0 Å². The van der Waals surface area contributed by atoms with Crippen molar-refractivity contribution >= 4 is 11.8 Å². The van der Waals surface area contributed by atoms with Gasteiger partial charge in [0, 0.05) is 17.0 Å². The van der Waals surface area contributed by atoms with Gasteiger partial charge in [0.05, 0.1) is 0 Å². The van der Waals surface area contributed by atoms with Gasteiger partial charge < -0.3 is 0 Å². The van der Waals surface area contributed by atoms with E-state index in [1.165, 1.54) is 37.9 Å². The van der Waals surface area contributed by atoms with E-state index in [1.54, 1.807) is 0 Å². The molecule has 3 N–H and O–H groups in total. The highest BCUT2D eigenvalue weighted by atomic mass is 32.2. The van der Waals surface area contributed by atoms with Crippen LogP contribution in [-0.2, 0) is 0 Å². The number of hydrogen-bond acceptors (Lipinski definition) is 3. The van der Waals surface area contributed by atoms with E-state index in [0.717, 1.165) is 11.2 Å². The largest absolute Gasteiger partial charge is 0.271 e. The Balaban J connectivity index is 2.10. The van der Waals surface area contributed by atoms with Crippen molar-refractivity contribution in [1.82, 2.24) is 5.43 Å². The predicted octanol–water partition coefficient (Wildman–Crippen LogP) is 2.54. The summed E-state index contributed by atoms with van der Waals surface area (Å²) in [5.41, 5.74) is 2.96. The molecule has 0 aliphatic heterocycles. The molecule has 1 saturated carbocycles. The quantitative estimate of drug-likeness (QED) is 0.507. The molecule has 2 atom stereocenters. The van der Waals surface area contributed by atoms with Crippen molar-refractivity contribution in [3.63, 3.8) is 0 Å². The molecule has 0 saturated heterocycles. The van der Waals surface area contributed by atoms with Crippen molar-refractivity contribution in [2.45, 2.75) is 57.2 Å². The molecule has 0 aromatic heterocycles. The highest BCUT2D eigenvalue weighted by Crippen LogP contribution is 2.31. The van der Waals surface area contributed by atoms with Gasteiger partial charge in [-0.3, -0.25) is 11.3 Å². The number of thioether (sulfide) groups is 1. The first-order chi connectivity index (χ1) is 6.76. The Bertz CT molecular complexity index is 148. The topological polar surface area (TPSA) is 38.0 Å². The third-order valence-electron chi connectivity index (χ3n) is 3.24. The van der Waals surface area contributed by atoms with Crippen LogP contribution in [0, 0.1) is 5.92 Å². The molecule has 84 valence electrons. The minimum atomic E-state index is 0.527. The second-order valence-corrected chi connectivity index (χ2v) is 5.92. The number of hydrazine groups is 1. The molecule has 0 radical (unpaired) electrons. The molecular formula is C11H24N2S. The van der Waals surface area contributed by atoms with Gasteiger partial charge >= 0.3 is 0 Å². The lowest BCUT2D eigenvalue weighted by Gasteiger charge is -2.29. The molecule has 2 nitrogen and oxygen atoms in total. The average Bonchev–Trinajstić information content (AvgIpc) is 2.15. The van der Waals surface area contributed by atoms with Gasteiger partial charge in [0.2, 0.25) is 0 Å². The first-order valence-electron chi connectivity index (χ1n) is 5.84. The molecule has 2 unspecified atom stereocenters. The SMILES string of the molecule is CCC(C)SCC(CC1CCC1)NN. The van der Waals surface area contributed by atoms with Gasteiger partial charge in [-0.15, -0.1) is 0 Å². The minimum Gasteiger partial charge on any atom is -0.271 e. The summed E-state index contributed by atoms with van der Waals surface area (Å²) in [5.74, 6) is 7.69. The van der Waals surface area contributed by atoms with E-state index in [0.29, 0.717) is 6.04 Å².